The Bertz CT molecular complexity index is 743. The second-order valence-corrected chi connectivity index (χ2v) is 7.57. The zero-order valence-corrected chi connectivity index (χ0v) is 17.5. The minimum absolute atomic E-state index is 0.0607. The summed E-state index contributed by atoms with van der Waals surface area (Å²) in [6, 6.07) is 13.2. The second-order valence-electron chi connectivity index (χ2n) is 5.71. The maximum atomic E-state index is 12.1. The van der Waals surface area contributed by atoms with Crippen molar-refractivity contribution in [2.45, 2.75) is 25.0 Å². The molecule has 0 aromatic heterocycles. The first kappa shape index (κ1) is 22.1. The maximum Gasteiger partial charge on any atom is 0.230 e. The molecule has 0 aliphatic carbocycles. The Kier molecular flexibility index (Phi) is 10.0. The summed E-state index contributed by atoms with van der Waals surface area (Å²) >= 11 is 13.4. The number of thioether (sulfide) groups is 1. The van der Waals surface area contributed by atoms with Crippen LogP contribution in [-0.4, -0.2) is 31.5 Å². The molecule has 0 saturated heterocycles. The fraction of sp³-hybridized carbons (Fsp3) is 0.350. The molecule has 146 valence electrons. The molecular formula is C20H23Cl2NO3S. The Morgan fingerprint density at radius 2 is 1.85 bits per heavy atom. The van der Waals surface area contributed by atoms with Crippen LogP contribution in [-0.2, 0) is 27.4 Å². The molecule has 2 aromatic rings. The molecular weight excluding hydrogens is 405 g/mol. The standard InChI is InChI=1S/C20H23Cl2NO3S/c1-2-25-8-9-26-13-16-5-3-4-15(10-16)12-23-20(24)14-27-19-11-17(21)6-7-18(19)22/h3-7,10-11H,2,8-9,12-14H2,1H3,(H,23,24). The lowest BCUT2D eigenvalue weighted by atomic mass is 10.1. The van der Waals surface area contributed by atoms with E-state index in [1.54, 1.807) is 18.2 Å². The fourth-order valence-corrected chi connectivity index (χ4v) is 3.59. The van der Waals surface area contributed by atoms with E-state index in [0.717, 1.165) is 16.0 Å². The first-order valence-corrected chi connectivity index (χ1v) is 10.4. The van der Waals surface area contributed by atoms with Crippen molar-refractivity contribution >= 4 is 40.9 Å². The summed E-state index contributed by atoms with van der Waals surface area (Å²) in [6.45, 7) is 4.81. The zero-order chi connectivity index (χ0) is 19.5. The molecule has 2 aromatic carbocycles. The van der Waals surface area contributed by atoms with Crippen LogP contribution in [0.25, 0.3) is 0 Å². The van der Waals surface area contributed by atoms with Gasteiger partial charge in [-0.05, 0) is 36.2 Å². The molecule has 0 saturated carbocycles. The highest BCUT2D eigenvalue weighted by Crippen LogP contribution is 2.29. The average Bonchev–Trinajstić information content (AvgIpc) is 2.67. The van der Waals surface area contributed by atoms with Crippen molar-refractivity contribution in [2.75, 3.05) is 25.6 Å². The number of ether oxygens (including phenoxy) is 2. The van der Waals surface area contributed by atoms with Crippen LogP contribution in [0.3, 0.4) is 0 Å². The Morgan fingerprint density at radius 3 is 2.67 bits per heavy atom. The monoisotopic (exact) mass is 427 g/mol. The van der Waals surface area contributed by atoms with Gasteiger partial charge in [-0.1, -0.05) is 47.5 Å². The van der Waals surface area contributed by atoms with Gasteiger partial charge in [0.1, 0.15) is 0 Å². The van der Waals surface area contributed by atoms with E-state index < -0.39 is 0 Å². The Balaban J connectivity index is 1.74. The number of amides is 1. The van der Waals surface area contributed by atoms with Crippen LogP contribution in [0.4, 0.5) is 0 Å². The molecule has 0 bridgehead atoms. The first-order chi connectivity index (χ1) is 13.1. The predicted molar refractivity (Wildman–Crippen MR) is 112 cm³/mol. The fourth-order valence-electron chi connectivity index (χ4n) is 2.26. The summed E-state index contributed by atoms with van der Waals surface area (Å²) in [5.74, 6) is 0.217. The van der Waals surface area contributed by atoms with Gasteiger partial charge in [-0.3, -0.25) is 4.79 Å². The lowest BCUT2D eigenvalue weighted by molar-refractivity contribution is -0.118. The minimum Gasteiger partial charge on any atom is -0.379 e. The third kappa shape index (κ3) is 8.54. The molecule has 27 heavy (non-hydrogen) atoms. The molecule has 4 nitrogen and oxygen atoms in total. The van der Waals surface area contributed by atoms with Crippen molar-refractivity contribution in [1.82, 2.24) is 5.32 Å². The summed E-state index contributed by atoms with van der Waals surface area (Å²) in [5.41, 5.74) is 2.10. The normalized spacial score (nSPS) is 10.8. The Morgan fingerprint density at radius 1 is 1.07 bits per heavy atom. The molecule has 7 heteroatoms. The molecule has 2 rings (SSSR count). The van der Waals surface area contributed by atoms with Gasteiger partial charge < -0.3 is 14.8 Å². The number of carbonyl (C=O) groups excluding carboxylic acids is 1. The summed E-state index contributed by atoms with van der Waals surface area (Å²) < 4.78 is 10.8. The Hall–Kier alpha value is -1.24. The number of hydrogen-bond donors (Lipinski definition) is 1. The molecule has 0 spiro atoms. The molecule has 0 radical (unpaired) electrons. The van der Waals surface area contributed by atoms with E-state index in [2.05, 4.69) is 5.32 Å². The van der Waals surface area contributed by atoms with Gasteiger partial charge in [-0.2, -0.15) is 0 Å². The smallest absolute Gasteiger partial charge is 0.230 e. The van der Waals surface area contributed by atoms with Gasteiger partial charge in [-0.15, -0.1) is 11.8 Å². The van der Waals surface area contributed by atoms with Crippen molar-refractivity contribution in [3.63, 3.8) is 0 Å². The number of hydrogen-bond acceptors (Lipinski definition) is 4. The lowest BCUT2D eigenvalue weighted by Gasteiger charge is -2.09. The van der Waals surface area contributed by atoms with Gasteiger partial charge in [0, 0.05) is 23.1 Å². The molecule has 0 unspecified atom stereocenters. The molecule has 0 fully saturated rings. The lowest BCUT2D eigenvalue weighted by Crippen LogP contribution is -2.24. The molecule has 0 aliphatic rings. The molecule has 0 heterocycles. The van der Waals surface area contributed by atoms with Crippen LogP contribution >= 0.6 is 35.0 Å². The van der Waals surface area contributed by atoms with Crippen LogP contribution in [0.1, 0.15) is 18.1 Å². The molecule has 1 amide bonds. The van der Waals surface area contributed by atoms with E-state index in [4.69, 9.17) is 32.7 Å². The average molecular weight is 428 g/mol. The number of benzene rings is 2. The van der Waals surface area contributed by atoms with Gasteiger partial charge in [-0.25, -0.2) is 0 Å². The Labute approximate surface area is 174 Å². The highest BCUT2D eigenvalue weighted by molar-refractivity contribution is 8.00. The molecule has 0 atom stereocenters. The van der Waals surface area contributed by atoms with Crippen molar-refractivity contribution < 1.29 is 14.3 Å². The highest BCUT2D eigenvalue weighted by Gasteiger charge is 2.07. The van der Waals surface area contributed by atoms with Gasteiger partial charge in [0.15, 0.2) is 0 Å². The van der Waals surface area contributed by atoms with E-state index in [-0.39, 0.29) is 11.7 Å². The van der Waals surface area contributed by atoms with Gasteiger partial charge in [0.05, 0.1) is 30.6 Å². The number of carbonyl (C=O) groups is 1. The third-order valence-electron chi connectivity index (χ3n) is 3.58. The first-order valence-electron chi connectivity index (χ1n) is 8.66. The predicted octanol–water partition coefficient (Wildman–Crippen LogP) is 4.96. The van der Waals surface area contributed by atoms with E-state index >= 15 is 0 Å². The second kappa shape index (κ2) is 12.3. The van der Waals surface area contributed by atoms with Crippen LogP contribution in [0.2, 0.25) is 10.0 Å². The molecule has 1 N–H and O–H groups in total. The van der Waals surface area contributed by atoms with Crippen LogP contribution < -0.4 is 5.32 Å². The van der Waals surface area contributed by atoms with E-state index in [1.165, 1.54) is 11.8 Å². The van der Waals surface area contributed by atoms with Gasteiger partial charge >= 0.3 is 0 Å². The van der Waals surface area contributed by atoms with Crippen LogP contribution in [0.5, 0.6) is 0 Å². The number of halogens is 2. The van der Waals surface area contributed by atoms with Crippen molar-refractivity contribution in [1.29, 1.82) is 0 Å². The number of rotatable bonds is 11. The minimum atomic E-state index is -0.0607. The van der Waals surface area contributed by atoms with Crippen LogP contribution in [0, 0.1) is 0 Å². The molecule has 0 aliphatic heterocycles. The van der Waals surface area contributed by atoms with E-state index in [1.807, 2.05) is 31.2 Å². The van der Waals surface area contributed by atoms with Gasteiger partial charge in [0.25, 0.3) is 0 Å². The van der Waals surface area contributed by atoms with Crippen molar-refractivity contribution in [2.24, 2.45) is 0 Å². The van der Waals surface area contributed by atoms with Crippen molar-refractivity contribution in [3.05, 3.63) is 63.6 Å². The maximum absolute atomic E-state index is 12.1. The topological polar surface area (TPSA) is 47.6 Å². The number of nitrogens with one attached hydrogen (secondary N) is 1. The SMILES string of the molecule is CCOCCOCc1cccc(CNC(=O)CSc2cc(Cl)ccc2Cl)c1. The summed E-state index contributed by atoms with van der Waals surface area (Å²) in [6.07, 6.45) is 0. The van der Waals surface area contributed by atoms with E-state index in [9.17, 15) is 4.79 Å². The highest BCUT2D eigenvalue weighted by atomic mass is 35.5. The largest absolute Gasteiger partial charge is 0.379 e. The summed E-state index contributed by atoms with van der Waals surface area (Å²) in [7, 11) is 0. The van der Waals surface area contributed by atoms with Gasteiger partial charge in [0.2, 0.25) is 5.91 Å². The third-order valence-corrected chi connectivity index (χ3v) is 5.31. The summed E-state index contributed by atoms with van der Waals surface area (Å²) in [5, 5.41) is 4.11. The van der Waals surface area contributed by atoms with Crippen LogP contribution in [0.15, 0.2) is 47.4 Å². The quantitative estimate of drug-likeness (QED) is 0.406. The van der Waals surface area contributed by atoms with E-state index in [0.29, 0.717) is 43.0 Å². The zero-order valence-electron chi connectivity index (χ0n) is 15.2. The summed E-state index contributed by atoms with van der Waals surface area (Å²) in [4.78, 5) is 12.9. The van der Waals surface area contributed by atoms with Crippen molar-refractivity contribution in [3.8, 4) is 0 Å².